The third kappa shape index (κ3) is 1.27. The number of ether oxygens (including phenoxy) is 1. The van der Waals surface area contributed by atoms with Gasteiger partial charge in [-0.3, -0.25) is 0 Å². The molecule has 0 amide bonds. The molecular formula is C6H12ClNO2. The normalized spacial score (nSPS) is 48.0. The Morgan fingerprint density at radius 2 is 2.30 bits per heavy atom. The highest BCUT2D eigenvalue weighted by Crippen LogP contribution is 2.24. The maximum atomic E-state index is 9.26. The lowest BCUT2D eigenvalue weighted by Crippen LogP contribution is -2.31. The Kier molecular flexibility index (Phi) is 2.52. The van der Waals surface area contributed by atoms with Crippen molar-refractivity contribution >= 4 is 11.6 Å². The molecule has 1 aliphatic rings. The van der Waals surface area contributed by atoms with Crippen molar-refractivity contribution in [2.75, 3.05) is 6.54 Å². The lowest BCUT2D eigenvalue weighted by atomic mass is 10.1. The van der Waals surface area contributed by atoms with E-state index in [2.05, 4.69) is 0 Å². The predicted octanol–water partition coefficient (Wildman–Crippen LogP) is -0.299. The average Bonchev–Trinajstić information content (AvgIpc) is 2.17. The third-order valence-corrected chi connectivity index (χ3v) is 2.32. The van der Waals surface area contributed by atoms with Crippen molar-refractivity contribution in [1.29, 1.82) is 0 Å². The molecule has 4 heteroatoms. The molecule has 3 nitrogen and oxygen atoms in total. The first kappa shape index (κ1) is 8.27. The van der Waals surface area contributed by atoms with E-state index in [1.807, 2.05) is 0 Å². The van der Waals surface area contributed by atoms with E-state index in [1.54, 1.807) is 6.92 Å². The zero-order valence-corrected chi connectivity index (χ0v) is 6.58. The molecule has 0 radical (unpaired) electrons. The molecule has 10 heavy (non-hydrogen) atoms. The minimum absolute atomic E-state index is 0.184. The molecule has 0 aromatic rings. The van der Waals surface area contributed by atoms with Crippen molar-refractivity contribution in [3.8, 4) is 0 Å². The van der Waals surface area contributed by atoms with Crippen LogP contribution < -0.4 is 5.73 Å². The van der Waals surface area contributed by atoms with E-state index in [0.717, 1.165) is 0 Å². The number of hydrogen-bond donors (Lipinski definition) is 2. The van der Waals surface area contributed by atoms with Gasteiger partial charge >= 0.3 is 0 Å². The highest BCUT2D eigenvalue weighted by atomic mass is 35.5. The number of rotatable bonds is 1. The van der Waals surface area contributed by atoms with Crippen LogP contribution in [0.2, 0.25) is 0 Å². The summed E-state index contributed by atoms with van der Waals surface area (Å²) in [4.78, 5) is 0. The summed E-state index contributed by atoms with van der Waals surface area (Å²) >= 11 is 5.77. The van der Waals surface area contributed by atoms with Gasteiger partial charge in [-0.25, -0.2) is 0 Å². The first-order valence-corrected chi connectivity index (χ1v) is 3.78. The highest BCUT2D eigenvalue weighted by molar-refractivity contribution is 6.21. The van der Waals surface area contributed by atoms with Crippen LogP contribution in [0, 0.1) is 0 Å². The van der Waals surface area contributed by atoms with Crippen LogP contribution in [-0.2, 0) is 4.74 Å². The van der Waals surface area contributed by atoms with E-state index < -0.39 is 6.10 Å². The summed E-state index contributed by atoms with van der Waals surface area (Å²) < 4.78 is 5.23. The zero-order valence-electron chi connectivity index (χ0n) is 5.83. The summed E-state index contributed by atoms with van der Waals surface area (Å²) in [5.74, 6) is 0. The summed E-state index contributed by atoms with van der Waals surface area (Å²) in [7, 11) is 0. The second-order valence-electron chi connectivity index (χ2n) is 2.55. The minimum atomic E-state index is -0.574. The van der Waals surface area contributed by atoms with Gasteiger partial charge in [0.2, 0.25) is 0 Å². The number of aliphatic hydroxyl groups excluding tert-OH is 1. The van der Waals surface area contributed by atoms with Gasteiger partial charge in [-0.1, -0.05) is 0 Å². The molecule has 0 saturated carbocycles. The molecule has 1 fully saturated rings. The van der Waals surface area contributed by atoms with E-state index in [4.69, 9.17) is 22.1 Å². The molecule has 4 atom stereocenters. The Labute approximate surface area is 65.1 Å². The molecule has 1 rings (SSSR count). The third-order valence-electron chi connectivity index (χ3n) is 1.78. The van der Waals surface area contributed by atoms with Crippen LogP contribution in [0.5, 0.6) is 0 Å². The minimum Gasteiger partial charge on any atom is -0.389 e. The van der Waals surface area contributed by atoms with Crippen molar-refractivity contribution in [2.24, 2.45) is 5.73 Å². The Morgan fingerprint density at radius 1 is 1.70 bits per heavy atom. The molecule has 4 unspecified atom stereocenters. The Bertz CT molecular complexity index is 122. The summed E-state index contributed by atoms with van der Waals surface area (Å²) in [5.41, 5.74) is 5.33. The molecule has 0 spiro atoms. The Hall–Kier alpha value is 0.170. The molecule has 0 aromatic heterocycles. The highest BCUT2D eigenvalue weighted by Gasteiger charge is 2.38. The van der Waals surface area contributed by atoms with Crippen molar-refractivity contribution in [2.45, 2.75) is 30.6 Å². The predicted molar refractivity (Wildman–Crippen MR) is 39.0 cm³/mol. The largest absolute Gasteiger partial charge is 0.389 e. The van der Waals surface area contributed by atoms with Gasteiger partial charge in [0.15, 0.2) is 0 Å². The second-order valence-corrected chi connectivity index (χ2v) is 3.05. The monoisotopic (exact) mass is 165 g/mol. The Balaban J connectivity index is 2.53. The quantitative estimate of drug-likeness (QED) is 0.525. The smallest absolute Gasteiger partial charge is 0.0988 e. The summed E-state index contributed by atoms with van der Waals surface area (Å²) in [5, 5.41) is 8.91. The molecule has 60 valence electrons. The van der Waals surface area contributed by atoms with E-state index in [9.17, 15) is 5.11 Å². The van der Waals surface area contributed by atoms with Gasteiger partial charge in [0.25, 0.3) is 0 Å². The average molecular weight is 166 g/mol. The number of nitrogens with two attached hydrogens (primary N) is 1. The lowest BCUT2D eigenvalue weighted by Gasteiger charge is -2.09. The van der Waals surface area contributed by atoms with Gasteiger partial charge in [0, 0.05) is 6.54 Å². The van der Waals surface area contributed by atoms with E-state index in [-0.39, 0.29) is 17.6 Å². The maximum absolute atomic E-state index is 9.26. The van der Waals surface area contributed by atoms with Gasteiger partial charge in [0.05, 0.1) is 23.7 Å². The SMILES string of the molecule is CC1OC(CN)C(Cl)C1O. The standard InChI is InChI=1S/C6H12ClNO2/c1-3-6(9)5(7)4(2-8)10-3/h3-6,9H,2,8H2,1H3. The van der Waals surface area contributed by atoms with Gasteiger partial charge in [-0.05, 0) is 6.92 Å². The second kappa shape index (κ2) is 3.05. The van der Waals surface area contributed by atoms with Crippen molar-refractivity contribution in [3.05, 3.63) is 0 Å². The summed E-state index contributed by atoms with van der Waals surface area (Å²) in [6.45, 7) is 2.16. The zero-order chi connectivity index (χ0) is 7.72. The number of alkyl halides is 1. The van der Waals surface area contributed by atoms with Crippen LogP contribution in [0.3, 0.4) is 0 Å². The number of aliphatic hydroxyl groups is 1. The van der Waals surface area contributed by atoms with Crippen molar-refractivity contribution < 1.29 is 9.84 Å². The van der Waals surface area contributed by atoms with Crippen LogP contribution in [-0.4, -0.2) is 35.3 Å². The van der Waals surface area contributed by atoms with Gasteiger partial charge in [-0.2, -0.15) is 0 Å². The van der Waals surface area contributed by atoms with E-state index in [0.29, 0.717) is 6.54 Å². The van der Waals surface area contributed by atoms with Crippen LogP contribution in [0.1, 0.15) is 6.92 Å². The fourth-order valence-corrected chi connectivity index (χ4v) is 1.46. The van der Waals surface area contributed by atoms with E-state index >= 15 is 0 Å². The summed E-state index contributed by atoms with van der Waals surface area (Å²) in [6.07, 6.45) is -0.946. The Morgan fingerprint density at radius 3 is 2.50 bits per heavy atom. The van der Waals surface area contributed by atoms with Gasteiger partial charge < -0.3 is 15.6 Å². The fraction of sp³-hybridized carbons (Fsp3) is 1.00. The molecule has 3 N–H and O–H groups in total. The van der Waals surface area contributed by atoms with Gasteiger partial charge in [0.1, 0.15) is 0 Å². The topological polar surface area (TPSA) is 55.5 Å². The van der Waals surface area contributed by atoms with Crippen molar-refractivity contribution in [3.63, 3.8) is 0 Å². The first-order valence-electron chi connectivity index (χ1n) is 3.34. The molecule has 0 bridgehead atoms. The molecule has 1 saturated heterocycles. The molecular weight excluding hydrogens is 154 g/mol. The van der Waals surface area contributed by atoms with Crippen LogP contribution >= 0.6 is 11.6 Å². The molecule has 1 aliphatic heterocycles. The maximum Gasteiger partial charge on any atom is 0.0988 e. The first-order chi connectivity index (χ1) is 4.66. The molecule has 1 heterocycles. The lowest BCUT2D eigenvalue weighted by molar-refractivity contribution is 0.0255. The fourth-order valence-electron chi connectivity index (χ4n) is 1.10. The van der Waals surface area contributed by atoms with Crippen LogP contribution in [0.15, 0.2) is 0 Å². The van der Waals surface area contributed by atoms with Crippen LogP contribution in [0.4, 0.5) is 0 Å². The van der Waals surface area contributed by atoms with Crippen molar-refractivity contribution in [1.82, 2.24) is 0 Å². The molecule has 0 aliphatic carbocycles. The molecule has 0 aromatic carbocycles. The van der Waals surface area contributed by atoms with Crippen LogP contribution in [0.25, 0.3) is 0 Å². The van der Waals surface area contributed by atoms with Gasteiger partial charge in [-0.15, -0.1) is 11.6 Å². The number of halogens is 1. The number of hydrogen-bond acceptors (Lipinski definition) is 3. The van der Waals surface area contributed by atoms with E-state index in [1.165, 1.54) is 0 Å². The summed E-state index contributed by atoms with van der Waals surface area (Å²) in [6, 6.07) is 0.